The molecule has 2 N–H and O–H groups in total. The minimum absolute atomic E-state index is 0.0364. The molecule has 1 aromatic heterocycles. The fourth-order valence-electron chi connectivity index (χ4n) is 5.85. The zero-order valence-electron chi connectivity index (χ0n) is 23.4. The molecule has 12 heteroatoms. The molecule has 0 bridgehead atoms. The van der Waals surface area contributed by atoms with E-state index in [0.717, 1.165) is 5.56 Å². The minimum atomic E-state index is -0.614. The molecule has 2 fully saturated rings. The van der Waals surface area contributed by atoms with Crippen molar-refractivity contribution in [2.45, 2.75) is 24.7 Å². The number of pyridine rings is 1. The predicted octanol–water partition coefficient (Wildman–Crippen LogP) is 1.67. The maximum Gasteiger partial charge on any atom is 0.257 e. The minimum Gasteiger partial charge on any atom is -0.508 e. The number of para-hydroxylation sites is 1. The predicted molar refractivity (Wildman–Crippen MR) is 152 cm³/mol. The van der Waals surface area contributed by atoms with Crippen LogP contribution in [0.5, 0.6) is 11.6 Å². The van der Waals surface area contributed by atoms with Gasteiger partial charge in [-0.3, -0.25) is 19.3 Å². The number of aromatic nitrogens is 1. The number of phenolic OH excluding ortho intramolecular Hbond substituents is 1. The molecule has 4 heterocycles. The summed E-state index contributed by atoms with van der Waals surface area (Å²) in [6.07, 6.45) is 1.01. The van der Waals surface area contributed by atoms with E-state index in [2.05, 4.69) is 15.2 Å². The highest BCUT2D eigenvalue weighted by atomic mass is 19.1. The molecule has 0 unspecified atom stereocenters. The number of nitrogens with zero attached hydrogens (tertiary/aromatic N) is 4. The molecule has 0 radical (unpaired) electrons. The lowest BCUT2D eigenvalue weighted by Gasteiger charge is -2.41. The van der Waals surface area contributed by atoms with Crippen LogP contribution in [0.1, 0.15) is 26.3 Å². The largest absolute Gasteiger partial charge is 0.508 e. The summed E-state index contributed by atoms with van der Waals surface area (Å²) in [5, 5.41) is 13.3. The Morgan fingerprint density at radius 2 is 1.84 bits per heavy atom. The molecule has 43 heavy (non-hydrogen) atoms. The first kappa shape index (κ1) is 28.6. The van der Waals surface area contributed by atoms with Crippen LogP contribution in [0.2, 0.25) is 0 Å². The van der Waals surface area contributed by atoms with Crippen molar-refractivity contribution >= 4 is 17.7 Å². The number of halogens is 1. The summed E-state index contributed by atoms with van der Waals surface area (Å²) >= 11 is 0. The average molecular weight is 590 g/mol. The number of nitrogens with one attached hydrogen (secondary N) is 1. The van der Waals surface area contributed by atoms with Crippen molar-refractivity contribution in [2.75, 3.05) is 45.9 Å². The molecule has 6 rings (SSSR count). The number of likely N-dealkylation sites (tertiary alicyclic amines) is 1. The molecule has 3 aromatic rings. The summed E-state index contributed by atoms with van der Waals surface area (Å²) in [5.74, 6) is -1.48. The molecular weight excluding hydrogens is 557 g/mol. The van der Waals surface area contributed by atoms with Crippen LogP contribution < -0.4 is 10.1 Å². The second kappa shape index (κ2) is 12.4. The molecule has 3 aliphatic heterocycles. The van der Waals surface area contributed by atoms with Crippen molar-refractivity contribution < 1.29 is 33.4 Å². The highest BCUT2D eigenvalue weighted by Gasteiger charge is 2.39. The van der Waals surface area contributed by atoms with Crippen LogP contribution in [-0.2, 0) is 16.1 Å². The standard InChI is InChI=1S/C31H32FN5O6/c32-24-9-3-2-7-22(24)31(41)36-12-13-37-21(15-36)18-43-30-23(8-5-11-33-30)29(40)34-25-16-35(17-27(25)42-19-28(37)39)14-20-6-1-4-10-26(20)38/h1-11,21,25,27,38H,12-19H2,(H,34,40)/t21-,25+,27-/m0/s1. The highest BCUT2D eigenvalue weighted by molar-refractivity contribution is 5.96. The van der Waals surface area contributed by atoms with Gasteiger partial charge in [-0.15, -0.1) is 0 Å². The first-order valence-electron chi connectivity index (χ1n) is 14.2. The molecule has 11 nitrogen and oxygen atoms in total. The Balaban J connectivity index is 1.24. The van der Waals surface area contributed by atoms with Gasteiger partial charge < -0.3 is 29.7 Å². The fourth-order valence-corrected chi connectivity index (χ4v) is 5.85. The zero-order valence-corrected chi connectivity index (χ0v) is 23.4. The molecule has 0 aliphatic carbocycles. The van der Waals surface area contributed by atoms with Crippen molar-refractivity contribution in [1.82, 2.24) is 25.0 Å². The van der Waals surface area contributed by atoms with Crippen molar-refractivity contribution in [1.29, 1.82) is 0 Å². The average Bonchev–Trinajstić information content (AvgIpc) is 3.40. The number of ether oxygens (including phenoxy) is 2. The van der Waals surface area contributed by atoms with E-state index in [1.807, 2.05) is 12.1 Å². The first-order valence-corrected chi connectivity index (χ1v) is 14.2. The number of fused-ring (bicyclic) bond motifs is 3. The molecule has 224 valence electrons. The monoisotopic (exact) mass is 589 g/mol. The molecule has 3 atom stereocenters. The van der Waals surface area contributed by atoms with E-state index < -0.39 is 35.8 Å². The van der Waals surface area contributed by atoms with Gasteiger partial charge in [-0.1, -0.05) is 30.3 Å². The van der Waals surface area contributed by atoms with Crippen LogP contribution in [0, 0.1) is 5.82 Å². The number of piperazine rings is 1. The summed E-state index contributed by atoms with van der Waals surface area (Å²) in [4.78, 5) is 49.6. The molecule has 3 amide bonds. The van der Waals surface area contributed by atoms with Crippen molar-refractivity contribution in [3.05, 3.63) is 89.4 Å². The molecule has 2 saturated heterocycles. The number of hydrogen-bond acceptors (Lipinski definition) is 8. The number of carbonyl (C=O) groups is 3. The third-order valence-electron chi connectivity index (χ3n) is 8.09. The van der Waals surface area contributed by atoms with E-state index in [1.54, 1.807) is 35.2 Å². The van der Waals surface area contributed by atoms with Gasteiger partial charge in [-0.25, -0.2) is 9.37 Å². The lowest BCUT2D eigenvalue weighted by molar-refractivity contribution is -0.143. The van der Waals surface area contributed by atoms with Gasteiger partial charge in [-0.2, -0.15) is 0 Å². The maximum absolute atomic E-state index is 14.4. The summed E-state index contributed by atoms with van der Waals surface area (Å²) in [7, 11) is 0. The van der Waals surface area contributed by atoms with Crippen molar-refractivity contribution in [2.24, 2.45) is 0 Å². The van der Waals surface area contributed by atoms with Gasteiger partial charge in [0.1, 0.15) is 30.3 Å². The summed E-state index contributed by atoms with van der Waals surface area (Å²) in [6, 6.07) is 15.1. The fraction of sp³-hybridized carbons (Fsp3) is 0.355. The Morgan fingerprint density at radius 3 is 2.67 bits per heavy atom. The third-order valence-corrected chi connectivity index (χ3v) is 8.09. The van der Waals surface area contributed by atoms with E-state index in [4.69, 9.17) is 9.47 Å². The lowest BCUT2D eigenvalue weighted by atomic mass is 10.1. The van der Waals surface area contributed by atoms with Gasteiger partial charge in [0.05, 0.1) is 23.8 Å². The van der Waals surface area contributed by atoms with Gasteiger partial charge in [0.25, 0.3) is 11.8 Å². The van der Waals surface area contributed by atoms with E-state index in [-0.39, 0.29) is 61.5 Å². The lowest BCUT2D eigenvalue weighted by Crippen LogP contribution is -2.59. The number of rotatable bonds is 3. The summed E-state index contributed by atoms with van der Waals surface area (Å²) in [5.41, 5.74) is 0.931. The van der Waals surface area contributed by atoms with Gasteiger partial charge in [-0.05, 0) is 30.3 Å². The molecule has 2 aromatic carbocycles. The topological polar surface area (TPSA) is 125 Å². The molecule has 0 saturated carbocycles. The summed E-state index contributed by atoms with van der Waals surface area (Å²) in [6.45, 7) is 1.56. The van der Waals surface area contributed by atoms with E-state index in [1.165, 1.54) is 29.3 Å². The number of amides is 3. The van der Waals surface area contributed by atoms with Crippen LogP contribution in [0.25, 0.3) is 0 Å². The van der Waals surface area contributed by atoms with Gasteiger partial charge >= 0.3 is 0 Å². The van der Waals surface area contributed by atoms with E-state index >= 15 is 0 Å². The van der Waals surface area contributed by atoms with Crippen LogP contribution in [-0.4, -0.2) is 107 Å². The Kier molecular flexibility index (Phi) is 8.21. The SMILES string of the molecule is O=C1N[C@@H]2CN(Cc3ccccc3O)C[C@@H]2OCC(=O)N2CCN(C(=O)c3ccccc3F)C[C@H]2COc2ncccc21. The maximum atomic E-state index is 14.4. The van der Waals surface area contributed by atoms with Gasteiger partial charge in [0.15, 0.2) is 0 Å². The highest BCUT2D eigenvalue weighted by Crippen LogP contribution is 2.25. The Bertz CT molecular complexity index is 1520. The number of hydrogen-bond donors (Lipinski definition) is 2. The van der Waals surface area contributed by atoms with E-state index in [9.17, 15) is 23.9 Å². The first-order chi connectivity index (χ1) is 20.9. The number of phenols is 1. The van der Waals surface area contributed by atoms with Crippen molar-refractivity contribution in [3.63, 3.8) is 0 Å². The van der Waals surface area contributed by atoms with Gasteiger partial charge in [0.2, 0.25) is 11.8 Å². The van der Waals surface area contributed by atoms with Crippen LogP contribution in [0.15, 0.2) is 66.9 Å². The summed E-state index contributed by atoms with van der Waals surface area (Å²) < 4.78 is 26.5. The Morgan fingerprint density at radius 1 is 1.02 bits per heavy atom. The number of aromatic hydroxyl groups is 1. The number of benzene rings is 2. The second-order valence-corrected chi connectivity index (χ2v) is 10.9. The Hall–Kier alpha value is -4.55. The third kappa shape index (κ3) is 6.15. The molecular formula is C31H32FN5O6. The quantitative estimate of drug-likeness (QED) is 0.473. The van der Waals surface area contributed by atoms with Crippen LogP contribution in [0.4, 0.5) is 4.39 Å². The zero-order chi connectivity index (χ0) is 29.9. The van der Waals surface area contributed by atoms with Crippen LogP contribution >= 0.6 is 0 Å². The smallest absolute Gasteiger partial charge is 0.257 e. The number of carbonyl (C=O) groups excluding carboxylic acids is 3. The van der Waals surface area contributed by atoms with Crippen molar-refractivity contribution in [3.8, 4) is 11.6 Å². The molecule has 3 aliphatic rings. The van der Waals surface area contributed by atoms with Gasteiger partial charge in [0, 0.05) is 51.0 Å². The molecule has 0 spiro atoms. The van der Waals surface area contributed by atoms with Crippen LogP contribution in [0.3, 0.4) is 0 Å². The normalized spacial score (nSPS) is 23.0. The second-order valence-electron chi connectivity index (χ2n) is 10.9. The van der Waals surface area contributed by atoms with E-state index in [0.29, 0.717) is 19.6 Å². The Labute approximate surface area is 247 Å².